The van der Waals surface area contributed by atoms with Crippen LogP contribution < -0.4 is 4.74 Å². The van der Waals surface area contributed by atoms with E-state index >= 15 is 0 Å². The molecule has 26 heavy (non-hydrogen) atoms. The van der Waals surface area contributed by atoms with Crippen molar-refractivity contribution < 1.29 is 13.7 Å². The average molecular weight is 368 g/mol. The van der Waals surface area contributed by atoms with Gasteiger partial charge in [0.1, 0.15) is 22.8 Å². The number of benzene rings is 2. The minimum Gasteiger partial charge on any atom is -0.484 e. The van der Waals surface area contributed by atoms with E-state index in [4.69, 9.17) is 25.3 Å². The zero-order valence-corrected chi connectivity index (χ0v) is 14.6. The molecule has 4 aromatic rings. The molecule has 0 aliphatic rings. The molecule has 0 atom stereocenters. The van der Waals surface area contributed by atoms with Gasteiger partial charge in [-0.05, 0) is 31.2 Å². The Bertz CT molecular complexity index is 1010. The van der Waals surface area contributed by atoms with Gasteiger partial charge in [0, 0.05) is 10.6 Å². The topological polar surface area (TPSA) is 74.2 Å². The maximum absolute atomic E-state index is 5.86. The molecule has 4 rings (SSSR count). The summed E-state index contributed by atoms with van der Waals surface area (Å²) in [6.07, 6.45) is 0. The molecule has 0 N–H and O–H groups in total. The predicted octanol–water partition coefficient (Wildman–Crippen LogP) is 4.93. The molecule has 0 fully saturated rings. The summed E-state index contributed by atoms with van der Waals surface area (Å²) in [7, 11) is 0. The maximum atomic E-state index is 5.86. The fourth-order valence-electron chi connectivity index (χ4n) is 2.51. The lowest BCUT2D eigenvalue weighted by Gasteiger charge is -2.02. The normalized spacial score (nSPS) is 10.8. The van der Waals surface area contributed by atoms with Gasteiger partial charge in [0.2, 0.25) is 0 Å². The number of ether oxygens (including phenoxy) is 1. The zero-order valence-electron chi connectivity index (χ0n) is 13.8. The van der Waals surface area contributed by atoms with Crippen LogP contribution in [0.5, 0.6) is 5.75 Å². The number of aromatic nitrogens is 3. The molecule has 2 aromatic carbocycles. The lowest BCUT2D eigenvalue weighted by Crippen LogP contribution is -1.95. The molecule has 0 aliphatic heterocycles. The summed E-state index contributed by atoms with van der Waals surface area (Å²) in [5.74, 6) is 1.98. The van der Waals surface area contributed by atoms with Crippen LogP contribution in [0.3, 0.4) is 0 Å². The van der Waals surface area contributed by atoms with Crippen LogP contribution >= 0.6 is 11.6 Å². The lowest BCUT2D eigenvalue weighted by molar-refractivity contribution is 0.264. The first-order valence-electron chi connectivity index (χ1n) is 7.93. The van der Waals surface area contributed by atoms with Crippen LogP contribution in [0, 0.1) is 6.92 Å². The number of hydrogen-bond donors (Lipinski definition) is 0. The summed E-state index contributed by atoms with van der Waals surface area (Å²) < 4.78 is 16.7. The van der Waals surface area contributed by atoms with Crippen molar-refractivity contribution in [3.63, 3.8) is 0 Å². The summed E-state index contributed by atoms with van der Waals surface area (Å²) in [5, 5.41) is 12.9. The highest BCUT2D eigenvalue weighted by Gasteiger charge is 2.21. The van der Waals surface area contributed by atoms with E-state index in [1.807, 2.05) is 37.3 Å². The van der Waals surface area contributed by atoms with E-state index in [-0.39, 0.29) is 6.61 Å². The number of rotatable bonds is 5. The SMILES string of the molecule is Cc1onc(-c2ccccc2)c1-c1nnc(COc2ccc(Cl)cc2)o1. The summed E-state index contributed by atoms with van der Waals surface area (Å²) in [5.41, 5.74) is 2.26. The Morgan fingerprint density at radius 3 is 2.54 bits per heavy atom. The minimum atomic E-state index is 0.152. The van der Waals surface area contributed by atoms with Crippen LogP contribution in [-0.2, 0) is 6.61 Å². The number of aryl methyl sites for hydroxylation is 1. The monoisotopic (exact) mass is 367 g/mol. The van der Waals surface area contributed by atoms with Gasteiger partial charge < -0.3 is 13.7 Å². The first kappa shape index (κ1) is 16.4. The molecule has 2 aromatic heterocycles. The van der Waals surface area contributed by atoms with Gasteiger partial charge in [0.25, 0.3) is 11.8 Å². The molecule has 0 spiro atoms. The highest BCUT2D eigenvalue weighted by molar-refractivity contribution is 6.30. The standard InChI is InChI=1S/C19H14ClN3O3/c1-12-17(18(23-26-12)13-5-3-2-4-6-13)19-22-21-16(25-19)11-24-15-9-7-14(20)8-10-15/h2-10H,11H2,1H3. The highest BCUT2D eigenvalue weighted by Crippen LogP contribution is 2.33. The van der Waals surface area contributed by atoms with Crippen LogP contribution in [0.25, 0.3) is 22.7 Å². The number of halogens is 1. The van der Waals surface area contributed by atoms with Crippen LogP contribution in [0.4, 0.5) is 0 Å². The van der Waals surface area contributed by atoms with Crippen LogP contribution in [0.15, 0.2) is 63.5 Å². The predicted molar refractivity (Wildman–Crippen MR) is 95.8 cm³/mol. The van der Waals surface area contributed by atoms with Gasteiger partial charge in [0.05, 0.1) is 0 Å². The van der Waals surface area contributed by atoms with Crippen LogP contribution in [0.1, 0.15) is 11.7 Å². The third-order valence-corrected chi connectivity index (χ3v) is 4.02. The van der Waals surface area contributed by atoms with Gasteiger partial charge in [-0.25, -0.2) is 0 Å². The van der Waals surface area contributed by atoms with E-state index in [9.17, 15) is 0 Å². The molecular formula is C19H14ClN3O3. The largest absolute Gasteiger partial charge is 0.484 e. The third-order valence-electron chi connectivity index (χ3n) is 3.77. The summed E-state index contributed by atoms with van der Waals surface area (Å²) in [6, 6.07) is 16.8. The van der Waals surface area contributed by atoms with E-state index < -0.39 is 0 Å². The van der Waals surface area contributed by atoms with Crippen molar-refractivity contribution in [3.05, 3.63) is 71.3 Å². The Morgan fingerprint density at radius 1 is 1.00 bits per heavy atom. The molecule has 130 valence electrons. The van der Waals surface area contributed by atoms with Crippen molar-refractivity contribution in [2.45, 2.75) is 13.5 Å². The molecule has 2 heterocycles. The van der Waals surface area contributed by atoms with Gasteiger partial charge in [0.15, 0.2) is 6.61 Å². The van der Waals surface area contributed by atoms with Crippen molar-refractivity contribution in [2.24, 2.45) is 0 Å². The highest BCUT2D eigenvalue weighted by atomic mass is 35.5. The summed E-state index contributed by atoms with van der Waals surface area (Å²) in [6.45, 7) is 1.96. The van der Waals surface area contributed by atoms with Gasteiger partial charge >= 0.3 is 0 Å². The van der Waals surface area contributed by atoms with Crippen molar-refractivity contribution >= 4 is 11.6 Å². The molecule has 7 heteroatoms. The van der Waals surface area contributed by atoms with Crippen molar-refractivity contribution in [3.8, 4) is 28.5 Å². The Kier molecular flexibility index (Phi) is 4.41. The van der Waals surface area contributed by atoms with Crippen molar-refractivity contribution in [1.82, 2.24) is 15.4 Å². The molecule has 0 amide bonds. The third kappa shape index (κ3) is 3.32. The Morgan fingerprint density at radius 2 is 1.77 bits per heavy atom. The molecule has 0 unspecified atom stereocenters. The minimum absolute atomic E-state index is 0.152. The fourth-order valence-corrected chi connectivity index (χ4v) is 2.63. The van der Waals surface area contributed by atoms with Crippen LogP contribution in [-0.4, -0.2) is 15.4 Å². The van der Waals surface area contributed by atoms with Crippen LogP contribution in [0.2, 0.25) is 5.02 Å². The molecule has 0 aliphatic carbocycles. The van der Waals surface area contributed by atoms with E-state index in [1.165, 1.54) is 0 Å². The molecule has 0 saturated carbocycles. The molecule has 0 saturated heterocycles. The van der Waals surface area contributed by atoms with E-state index in [2.05, 4.69) is 15.4 Å². The van der Waals surface area contributed by atoms with E-state index in [0.717, 1.165) is 5.56 Å². The summed E-state index contributed by atoms with van der Waals surface area (Å²) in [4.78, 5) is 0. The second kappa shape index (κ2) is 7.01. The first-order chi connectivity index (χ1) is 12.7. The second-order valence-electron chi connectivity index (χ2n) is 5.57. The number of hydrogen-bond acceptors (Lipinski definition) is 6. The smallest absolute Gasteiger partial charge is 0.254 e. The lowest BCUT2D eigenvalue weighted by atomic mass is 10.1. The van der Waals surface area contributed by atoms with Crippen molar-refractivity contribution in [1.29, 1.82) is 0 Å². The number of nitrogens with zero attached hydrogens (tertiary/aromatic N) is 3. The molecular weight excluding hydrogens is 354 g/mol. The van der Waals surface area contributed by atoms with Gasteiger partial charge in [-0.3, -0.25) is 0 Å². The second-order valence-corrected chi connectivity index (χ2v) is 6.01. The average Bonchev–Trinajstić information content (AvgIpc) is 3.28. The maximum Gasteiger partial charge on any atom is 0.254 e. The molecule has 6 nitrogen and oxygen atoms in total. The van der Waals surface area contributed by atoms with Gasteiger partial charge in [-0.15, -0.1) is 10.2 Å². The zero-order chi connectivity index (χ0) is 17.9. The molecule has 0 radical (unpaired) electrons. The van der Waals surface area contributed by atoms with Crippen molar-refractivity contribution in [2.75, 3.05) is 0 Å². The Labute approximate surface area is 154 Å². The van der Waals surface area contributed by atoms with E-state index in [1.54, 1.807) is 24.3 Å². The summed E-state index contributed by atoms with van der Waals surface area (Å²) >= 11 is 5.86. The fraction of sp³-hybridized carbons (Fsp3) is 0.105. The molecule has 0 bridgehead atoms. The van der Waals surface area contributed by atoms with Gasteiger partial charge in [-0.1, -0.05) is 47.1 Å². The quantitative estimate of drug-likeness (QED) is 0.497. The van der Waals surface area contributed by atoms with E-state index in [0.29, 0.717) is 39.6 Å². The first-order valence-corrected chi connectivity index (χ1v) is 8.31. The Hall–Kier alpha value is -3.12. The van der Waals surface area contributed by atoms with Gasteiger partial charge in [-0.2, -0.15) is 0 Å². The Balaban J connectivity index is 1.57.